The standard InChI is InChI=1S/C16H24N2O3/c19-14-7-8-15(20)18(14)11-9-16(21)17-10-3-5-12-4-1-2-6-13(12)17/h12-13H,1-11H2/t12-,13-/m0/s1. The van der Waals surface area contributed by atoms with E-state index in [1.807, 2.05) is 4.90 Å². The lowest BCUT2D eigenvalue weighted by Gasteiger charge is -2.44. The van der Waals surface area contributed by atoms with E-state index in [0.29, 0.717) is 31.2 Å². The number of carbonyl (C=O) groups is 3. The van der Waals surface area contributed by atoms with Gasteiger partial charge in [0, 0.05) is 38.4 Å². The van der Waals surface area contributed by atoms with Crippen molar-refractivity contribution >= 4 is 17.7 Å². The Labute approximate surface area is 125 Å². The van der Waals surface area contributed by atoms with Crippen molar-refractivity contribution in [3.05, 3.63) is 0 Å². The van der Waals surface area contributed by atoms with Crippen molar-refractivity contribution in [2.45, 2.75) is 63.8 Å². The van der Waals surface area contributed by atoms with Crippen LogP contribution in [0.1, 0.15) is 57.8 Å². The highest BCUT2D eigenvalue weighted by molar-refractivity contribution is 6.02. The fraction of sp³-hybridized carbons (Fsp3) is 0.812. The van der Waals surface area contributed by atoms with E-state index in [1.165, 1.54) is 30.6 Å². The third-order valence-electron chi connectivity index (χ3n) is 5.27. The first kappa shape index (κ1) is 14.5. The summed E-state index contributed by atoms with van der Waals surface area (Å²) >= 11 is 0. The Morgan fingerprint density at radius 1 is 1.00 bits per heavy atom. The molecule has 116 valence electrons. The Balaban J connectivity index is 1.57. The van der Waals surface area contributed by atoms with E-state index in [9.17, 15) is 14.4 Å². The van der Waals surface area contributed by atoms with Gasteiger partial charge in [-0.15, -0.1) is 0 Å². The van der Waals surface area contributed by atoms with Crippen molar-refractivity contribution in [3.63, 3.8) is 0 Å². The molecule has 3 rings (SSSR count). The van der Waals surface area contributed by atoms with Gasteiger partial charge >= 0.3 is 0 Å². The van der Waals surface area contributed by atoms with Gasteiger partial charge in [-0.05, 0) is 31.6 Å². The van der Waals surface area contributed by atoms with Crippen molar-refractivity contribution in [1.29, 1.82) is 0 Å². The highest BCUT2D eigenvalue weighted by Crippen LogP contribution is 2.35. The van der Waals surface area contributed by atoms with Gasteiger partial charge in [0.15, 0.2) is 0 Å². The fourth-order valence-electron chi connectivity index (χ4n) is 4.16. The van der Waals surface area contributed by atoms with E-state index in [2.05, 4.69) is 0 Å². The van der Waals surface area contributed by atoms with Gasteiger partial charge in [-0.3, -0.25) is 19.3 Å². The number of rotatable bonds is 3. The molecule has 0 aromatic heterocycles. The summed E-state index contributed by atoms with van der Waals surface area (Å²) in [5, 5.41) is 0. The second-order valence-corrected chi connectivity index (χ2v) is 6.53. The Morgan fingerprint density at radius 3 is 2.43 bits per heavy atom. The molecule has 3 amide bonds. The third-order valence-corrected chi connectivity index (χ3v) is 5.27. The zero-order valence-electron chi connectivity index (χ0n) is 12.6. The number of carbonyl (C=O) groups excluding carboxylic acids is 3. The van der Waals surface area contributed by atoms with Crippen LogP contribution < -0.4 is 0 Å². The molecule has 3 fully saturated rings. The Bertz CT molecular complexity index is 431. The predicted molar refractivity (Wildman–Crippen MR) is 77.3 cm³/mol. The van der Waals surface area contributed by atoms with E-state index in [0.717, 1.165) is 19.4 Å². The van der Waals surface area contributed by atoms with Crippen LogP contribution in [0.15, 0.2) is 0 Å². The lowest BCUT2D eigenvalue weighted by molar-refractivity contribution is -0.141. The fourth-order valence-corrected chi connectivity index (χ4v) is 4.16. The highest BCUT2D eigenvalue weighted by atomic mass is 16.2. The van der Waals surface area contributed by atoms with Crippen molar-refractivity contribution in [1.82, 2.24) is 9.80 Å². The van der Waals surface area contributed by atoms with Crippen molar-refractivity contribution in [2.75, 3.05) is 13.1 Å². The van der Waals surface area contributed by atoms with Crippen LogP contribution in [0.2, 0.25) is 0 Å². The molecular formula is C16H24N2O3. The van der Waals surface area contributed by atoms with E-state index in [-0.39, 0.29) is 24.3 Å². The van der Waals surface area contributed by atoms with Crippen LogP contribution in [-0.4, -0.2) is 46.7 Å². The average molecular weight is 292 g/mol. The summed E-state index contributed by atoms with van der Waals surface area (Å²) in [5.41, 5.74) is 0. The molecule has 0 spiro atoms. The highest BCUT2D eigenvalue weighted by Gasteiger charge is 2.36. The van der Waals surface area contributed by atoms with E-state index < -0.39 is 0 Å². The van der Waals surface area contributed by atoms with E-state index in [4.69, 9.17) is 0 Å². The van der Waals surface area contributed by atoms with Gasteiger partial charge in [-0.25, -0.2) is 0 Å². The lowest BCUT2D eigenvalue weighted by atomic mass is 9.78. The minimum Gasteiger partial charge on any atom is -0.339 e. The van der Waals surface area contributed by atoms with Crippen LogP contribution >= 0.6 is 0 Å². The molecule has 3 aliphatic rings. The molecule has 2 saturated heterocycles. The van der Waals surface area contributed by atoms with Crippen LogP contribution in [0.5, 0.6) is 0 Å². The molecule has 5 nitrogen and oxygen atoms in total. The maximum absolute atomic E-state index is 12.5. The van der Waals surface area contributed by atoms with E-state index in [1.54, 1.807) is 0 Å². The van der Waals surface area contributed by atoms with Crippen LogP contribution in [0.3, 0.4) is 0 Å². The van der Waals surface area contributed by atoms with Gasteiger partial charge in [0.1, 0.15) is 0 Å². The molecule has 1 aliphatic carbocycles. The first-order valence-corrected chi connectivity index (χ1v) is 8.29. The zero-order chi connectivity index (χ0) is 14.8. The van der Waals surface area contributed by atoms with Gasteiger partial charge in [0.25, 0.3) is 0 Å². The maximum Gasteiger partial charge on any atom is 0.229 e. The van der Waals surface area contributed by atoms with Crippen LogP contribution in [0.25, 0.3) is 0 Å². The number of hydrogen-bond donors (Lipinski definition) is 0. The monoisotopic (exact) mass is 292 g/mol. The molecule has 2 atom stereocenters. The molecule has 21 heavy (non-hydrogen) atoms. The lowest BCUT2D eigenvalue weighted by Crippen LogP contribution is -2.50. The minimum absolute atomic E-state index is 0.123. The molecule has 5 heteroatoms. The largest absolute Gasteiger partial charge is 0.339 e. The predicted octanol–water partition coefficient (Wildman–Crippen LogP) is 1.71. The number of imide groups is 1. The SMILES string of the molecule is O=C1CCC(=O)N1CCC(=O)N1CCC[C@@H]2CCCC[C@@H]21. The molecule has 0 radical (unpaired) electrons. The maximum atomic E-state index is 12.5. The normalized spacial score (nSPS) is 29.7. The molecule has 0 N–H and O–H groups in total. The summed E-state index contributed by atoms with van der Waals surface area (Å²) in [5.74, 6) is 0.551. The number of hydrogen-bond acceptors (Lipinski definition) is 3. The Hall–Kier alpha value is -1.39. The first-order chi connectivity index (χ1) is 10.2. The summed E-state index contributed by atoms with van der Waals surface area (Å²) in [6, 6.07) is 0.407. The van der Waals surface area contributed by atoms with Crippen molar-refractivity contribution in [2.24, 2.45) is 5.92 Å². The van der Waals surface area contributed by atoms with Gasteiger partial charge < -0.3 is 4.90 Å². The zero-order valence-corrected chi connectivity index (χ0v) is 12.6. The topological polar surface area (TPSA) is 57.7 Å². The number of piperidine rings is 1. The minimum atomic E-state index is -0.123. The first-order valence-electron chi connectivity index (χ1n) is 8.29. The molecule has 0 aromatic carbocycles. The molecule has 0 unspecified atom stereocenters. The Kier molecular flexibility index (Phi) is 4.27. The average Bonchev–Trinajstić information content (AvgIpc) is 2.83. The molecule has 2 aliphatic heterocycles. The molecule has 2 heterocycles. The smallest absolute Gasteiger partial charge is 0.229 e. The third kappa shape index (κ3) is 2.97. The number of amides is 3. The number of fused-ring (bicyclic) bond motifs is 1. The summed E-state index contributed by atoms with van der Waals surface area (Å²) in [7, 11) is 0. The molecule has 0 bridgehead atoms. The van der Waals surface area contributed by atoms with Gasteiger partial charge in [0.2, 0.25) is 17.7 Å². The summed E-state index contributed by atoms with van der Waals surface area (Å²) < 4.78 is 0. The van der Waals surface area contributed by atoms with Crippen molar-refractivity contribution in [3.8, 4) is 0 Å². The molecule has 1 saturated carbocycles. The van der Waals surface area contributed by atoms with E-state index >= 15 is 0 Å². The number of likely N-dealkylation sites (tertiary alicyclic amines) is 2. The number of nitrogens with zero attached hydrogens (tertiary/aromatic N) is 2. The van der Waals surface area contributed by atoms with Gasteiger partial charge in [-0.1, -0.05) is 12.8 Å². The van der Waals surface area contributed by atoms with Gasteiger partial charge in [0.05, 0.1) is 0 Å². The molecular weight excluding hydrogens is 268 g/mol. The second kappa shape index (κ2) is 6.16. The van der Waals surface area contributed by atoms with Gasteiger partial charge in [-0.2, -0.15) is 0 Å². The molecule has 0 aromatic rings. The van der Waals surface area contributed by atoms with Crippen molar-refractivity contribution < 1.29 is 14.4 Å². The quantitative estimate of drug-likeness (QED) is 0.744. The second-order valence-electron chi connectivity index (χ2n) is 6.53. The van der Waals surface area contributed by atoms with Crippen LogP contribution in [0, 0.1) is 5.92 Å². The summed E-state index contributed by atoms with van der Waals surface area (Å²) in [6.07, 6.45) is 8.12. The summed E-state index contributed by atoms with van der Waals surface area (Å²) in [6.45, 7) is 1.12. The Morgan fingerprint density at radius 2 is 1.67 bits per heavy atom. The summed E-state index contributed by atoms with van der Waals surface area (Å²) in [4.78, 5) is 39.0. The van der Waals surface area contributed by atoms with Crippen LogP contribution in [0.4, 0.5) is 0 Å². The van der Waals surface area contributed by atoms with Crippen LogP contribution in [-0.2, 0) is 14.4 Å².